The van der Waals surface area contributed by atoms with Crippen LogP contribution in [0, 0.1) is 5.92 Å². The van der Waals surface area contributed by atoms with Gasteiger partial charge < -0.3 is 10.2 Å². The maximum atomic E-state index is 13.4. The van der Waals surface area contributed by atoms with Crippen LogP contribution in [0.4, 0.5) is 0 Å². The number of piperidine rings is 1. The predicted molar refractivity (Wildman–Crippen MR) is 123 cm³/mol. The standard InChI is InChI=1S/C27H28N2O2/c30-25(28-27(16-8-17-27)22-12-2-1-3-13-22)21-11-7-18-29(19-21)26(31)24-15-6-10-20-9-4-5-14-23(20)24/h1-6,9-10,12-15,21H,7-8,11,16-19H2,(H,28,30). The lowest BCUT2D eigenvalue weighted by Gasteiger charge is -2.44. The van der Waals surface area contributed by atoms with Gasteiger partial charge in [-0.05, 0) is 54.5 Å². The number of likely N-dealkylation sites (tertiary alicyclic amines) is 1. The molecule has 0 radical (unpaired) electrons. The molecule has 1 unspecified atom stereocenters. The Hall–Kier alpha value is -3.14. The van der Waals surface area contributed by atoms with Gasteiger partial charge in [0.25, 0.3) is 5.91 Å². The summed E-state index contributed by atoms with van der Waals surface area (Å²) in [4.78, 5) is 28.5. The fourth-order valence-electron chi connectivity index (χ4n) is 5.07. The van der Waals surface area contributed by atoms with Crippen LogP contribution in [0.3, 0.4) is 0 Å². The summed E-state index contributed by atoms with van der Waals surface area (Å²) in [5, 5.41) is 5.40. The van der Waals surface area contributed by atoms with Gasteiger partial charge in [0.05, 0.1) is 11.5 Å². The summed E-state index contributed by atoms with van der Waals surface area (Å²) in [6.45, 7) is 1.19. The molecule has 4 heteroatoms. The second-order valence-electron chi connectivity index (χ2n) is 8.91. The highest BCUT2D eigenvalue weighted by Crippen LogP contribution is 2.41. The van der Waals surface area contributed by atoms with Gasteiger partial charge in [-0.1, -0.05) is 66.7 Å². The minimum atomic E-state index is -0.236. The van der Waals surface area contributed by atoms with E-state index in [1.807, 2.05) is 65.6 Å². The first kappa shape index (κ1) is 19.8. The maximum Gasteiger partial charge on any atom is 0.254 e. The molecule has 0 bridgehead atoms. The number of nitrogens with one attached hydrogen (secondary N) is 1. The molecule has 0 spiro atoms. The zero-order chi connectivity index (χ0) is 21.3. The average molecular weight is 413 g/mol. The normalized spacial score (nSPS) is 20.1. The fraction of sp³-hybridized carbons (Fsp3) is 0.333. The fourth-order valence-corrected chi connectivity index (χ4v) is 5.07. The number of hydrogen-bond acceptors (Lipinski definition) is 2. The summed E-state index contributed by atoms with van der Waals surface area (Å²) in [6, 6.07) is 24.1. The Balaban J connectivity index is 1.32. The van der Waals surface area contributed by atoms with Gasteiger partial charge in [0, 0.05) is 18.7 Å². The summed E-state index contributed by atoms with van der Waals surface area (Å²) in [6.07, 6.45) is 4.77. The Kier molecular flexibility index (Phi) is 5.23. The van der Waals surface area contributed by atoms with Crippen molar-refractivity contribution < 1.29 is 9.59 Å². The molecule has 2 fully saturated rings. The smallest absolute Gasteiger partial charge is 0.254 e. The van der Waals surface area contributed by atoms with Crippen molar-refractivity contribution in [2.24, 2.45) is 5.92 Å². The molecule has 1 atom stereocenters. The summed E-state index contributed by atoms with van der Waals surface area (Å²) >= 11 is 0. The van der Waals surface area contributed by atoms with Crippen molar-refractivity contribution in [2.75, 3.05) is 13.1 Å². The first-order chi connectivity index (χ1) is 15.2. The lowest BCUT2D eigenvalue weighted by molar-refractivity contribution is -0.129. The van der Waals surface area contributed by atoms with Gasteiger partial charge in [-0.2, -0.15) is 0 Å². The highest BCUT2D eigenvalue weighted by atomic mass is 16.2. The zero-order valence-corrected chi connectivity index (χ0v) is 17.7. The molecule has 158 valence electrons. The van der Waals surface area contributed by atoms with E-state index in [0.29, 0.717) is 13.1 Å². The first-order valence-corrected chi connectivity index (χ1v) is 11.3. The largest absolute Gasteiger partial charge is 0.346 e. The first-order valence-electron chi connectivity index (χ1n) is 11.3. The van der Waals surface area contributed by atoms with Crippen LogP contribution >= 0.6 is 0 Å². The van der Waals surface area contributed by atoms with Crippen molar-refractivity contribution in [1.29, 1.82) is 0 Å². The number of carbonyl (C=O) groups excluding carboxylic acids is 2. The number of hydrogen-bond donors (Lipinski definition) is 1. The van der Waals surface area contributed by atoms with Gasteiger partial charge >= 0.3 is 0 Å². The molecule has 1 N–H and O–H groups in total. The van der Waals surface area contributed by atoms with Gasteiger partial charge in [0.1, 0.15) is 0 Å². The van der Waals surface area contributed by atoms with Gasteiger partial charge in [0.15, 0.2) is 0 Å². The Bertz CT molecular complexity index is 1100. The summed E-state index contributed by atoms with van der Waals surface area (Å²) < 4.78 is 0. The molecule has 5 rings (SSSR count). The second kappa shape index (κ2) is 8.18. The summed E-state index contributed by atoms with van der Waals surface area (Å²) in [7, 11) is 0. The van der Waals surface area contributed by atoms with E-state index >= 15 is 0 Å². The van der Waals surface area contributed by atoms with E-state index in [9.17, 15) is 9.59 Å². The Morgan fingerprint density at radius 2 is 1.61 bits per heavy atom. The third-order valence-electron chi connectivity index (χ3n) is 7.00. The molecule has 4 nitrogen and oxygen atoms in total. The molecule has 0 aromatic heterocycles. The lowest BCUT2D eigenvalue weighted by Crippen LogP contribution is -2.54. The van der Waals surface area contributed by atoms with Crippen molar-refractivity contribution in [2.45, 2.75) is 37.6 Å². The molecule has 2 aliphatic rings. The Labute approximate surface area is 183 Å². The minimum absolute atomic E-state index is 0.0238. The van der Waals surface area contributed by atoms with Crippen LogP contribution in [-0.2, 0) is 10.3 Å². The van der Waals surface area contributed by atoms with Crippen molar-refractivity contribution in [1.82, 2.24) is 10.2 Å². The number of benzene rings is 3. The van der Waals surface area contributed by atoms with E-state index in [2.05, 4.69) is 17.4 Å². The second-order valence-corrected chi connectivity index (χ2v) is 8.91. The van der Waals surface area contributed by atoms with E-state index in [1.165, 1.54) is 5.56 Å². The Morgan fingerprint density at radius 3 is 2.39 bits per heavy atom. The van der Waals surface area contributed by atoms with Gasteiger partial charge in [0.2, 0.25) is 5.91 Å². The van der Waals surface area contributed by atoms with Crippen LogP contribution in [0.1, 0.15) is 48.0 Å². The molecule has 1 saturated carbocycles. The molecule has 1 aliphatic carbocycles. The van der Waals surface area contributed by atoms with Gasteiger partial charge in [-0.15, -0.1) is 0 Å². The quantitative estimate of drug-likeness (QED) is 0.663. The molecule has 2 amide bonds. The average Bonchev–Trinajstić information content (AvgIpc) is 2.81. The SMILES string of the molecule is O=C(NC1(c2ccccc2)CCC1)C1CCCN(C(=O)c2cccc3ccccc23)C1. The number of rotatable bonds is 4. The van der Waals surface area contributed by atoms with Crippen LogP contribution in [-0.4, -0.2) is 29.8 Å². The van der Waals surface area contributed by atoms with Crippen molar-refractivity contribution >= 4 is 22.6 Å². The molecular formula is C27H28N2O2. The van der Waals surface area contributed by atoms with E-state index in [4.69, 9.17) is 0 Å². The molecule has 1 saturated heterocycles. The van der Waals surface area contributed by atoms with Crippen LogP contribution in [0.25, 0.3) is 10.8 Å². The molecule has 1 heterocycles. The number of amides is 2. The van der Waals surface area contributed by atoms with Gasteiger partial charge in [-0.25, -0.2) is 0 Å². The van der Waals surface area contributed by atoms with Crippen molar-refractivity contribution in [3.05, 3.63) is 83.9 Å². The van der Waals surface area contributed by atoms with E-state index in [1.54, 1.807) is 0 Å². The number of nitrogens with zero attached hydrogens (tertiary/aromatic N) is 1. The lowest BCUT2D eigenvalue weighted by atomic mass is 9.71. The van der Waals surface area contributed by atoms with Crippen LogP contribution in [0.5, 0.6) is 0 Å². The van der Waals surface area contributed by atoms with Gasteiger partial charge in [-0.3, -0.25) is 9.59 Å². The molecular weight excluding hydrogens is 384 g/mol. The van der Waals surface area contributed by atoms with Crippen LogP contribution < -0.4 is 5.32 Å². The van der Waals surface area contributed by atoms with Crippen LogP contribution in [0.2, 0.25) is 0 Å². The molecule has 3 aromatic rings. The number of carbonyl (C=O) groups is 2. The maximum absolute atomic E-state index is 13.4. The van der Waals surface area contributed by atoms with E-state index in [0.717, 1.165) is 48.4 Å². The highest BCUT2D eigenvalue weighted by Gasteiger charge is 2.41. The Morgan fingerprint density at radius 1 is 0.871 bits per heavy atom. The summed E-state index contributed by atoms with van der Waals surface area (Å²) in [5.41, 5.74) is 1.67. The minimum Gasteiger partial charge on any atom is -0.346 e. The van der Waals surface area contributed by atoms with Crippen LogP contribution in [0.15, 0.2) is 72.8 Å². The molecule has 3 aromatic carbocycles. The summed E-state index contributed by atoms with van der Waals surface area (Å²) in [5.74, 6) is -0.0523. The van der Waals surface area contributed by atoms with E-state index < -0.39 is 0 Å². The monoisotopic (exact) mass is 412 g/mol. The third-order valence-corrected chi connectivity index (χ3v) is 7.00. The van der Waals surface area contributed by atoms with Crippen molar-refractivity contribution in [3.8, 4) is 0 Å². The number of fused-ring (bicyclic) bond motifs is 1. The predicted octanol–water partition coefficient (Wildman–Crippen LogP) is 4.89. The molecule has 1 aliphatic heterocycles. The molecule has 31 heavy (non-hydrogen) atoms. The topological polar surface area (TPSA) is 49.4 Å². The van der Waals surface area contributed by atoms with Crippen molar-refractivity contribution in [3.63, 3.8) is 0 Å². The zero-order valence-electron chi connectivity index (χ0n) is 17.7. The third kappa shape index (κ3) is 3.71. The highest BCUT2D eigenvalue weighted by molar-refractivity contribution is 6.07. The van der Waals surface area contributed by atoms with E-state index in [-0.39, 0.29) is 23.3 Å².